The molecule has 62 heavy (non-hydrogen) atoms. The summed E-state index contributed by atoms with van der Waals surface area (Å²) in [6, 6.07) is 1.97. The number of alkyl halides is 6. The zero-order chi connectivity index (χ0) is 45.8. The summed E-state index contributed by atoms with van der Waals surface area (Å²) >= 11 is 0. The molecule has 0 spiro atoms. The normalized spacial score (nSPS) is 28.6. The summed E-state index contributed by atoms with van der Waals surface area (Å²) in [4.78, 5) is 61.3. The van der Waals surface area contributed by atoms with E-state index >= 15 is 0 Å². The number of methoxy groups -OCH3 is 1. The third-order valence-corrected chi connectivity index (χ3v) is 14.6. The summed E-state index contributed by atoms with van der Waals surface area (Å²) in [5, 5.41) is 5.24. The highest BCUT2D eigenvalue weighted by atomic mass is 32.2. The van der Waals surface area contributed by atoms with Crippen molar-refractivity contribution in [3.05, 3.63) is 42.1 Å². The fourth-order valence-corrected chi connectivity index (χ4v) is 9.38. The first-order valence-electron chi connectivity index (χ1n) is 20.3. The standard InChI is InChI=1S/C41H51F6N5O9S/c1-22-9-7-8-10-25-19-40(25,35(55)51-62(57,58)39(21-42)13-14-39)50-32(53)29-18-27(60-33-28-12-11-26(59-6)16-24(28)17-30(48-33)41(45,46)47)20-52(29)34(54)31(23(2)15-22)49-36(56)61-37(3,4)38(5,43)44/h8,10-12,16-17,22-23,25,27,29,31H,7,9,13-15,18-21H2,1-6H3,(H,49,56)(H,50,53)(H,51,55)/b10-8-/t22-,23-,25?,27-,29+,31+,40-/m1/s1. The lowest BCUT2D eigenvalue weighted by atomic mass is 9.88. The van der Waals surface area contributed by atoms with Crippen molar-refractivity contribution in [1.29, 1.82) is 0 Å². The van der Waals surface area contributed by atoms with E-state index in [1.54, 1.807) is 19.1 Å². The molecular weight excluding hydrogens is 853 g/mol. The number of sulfonamides is 1. The summed E-state index contributed by atoms with van der Waals surface area (Å²) in [5.74, 6) is -8.30. The van der Waals surface area contributed by atoms with Gasteiger partial charge in [0.2, 0.25) is 27.7 Å². The molecule has 21 heteroatoms. The number of carbonyl (C=O) groups is 4. The van der Waals surface area contributed by atoms with Crippen LogP contribution in [0.5, 0.6) is 11.6 Å². The van der Waals surface area contributed by atoms with Gasteiger partial charge < -0.3 is 29.7 Å². The molecule has 0 bridgehead atoms. The summed E-state index contributed by atoms with van der Waals surface area (Å²) in [7, 11) is -3.20. The molecule has 14 nitrogen and oxygen atoms in total. The van der Waals surface area contributed by atoms with E-state index in [0.29, 0.717) is 26.2 Å². The number of alkyl carbamates (subject to hydrolysis) is 1. The van der Waals surface area contributed by atoms with Crippen LogP contribution in [0.15, 0.2) is 36.4 Å². The number of hydrogen-bond acceptors (Lipinski definition) is 10. The van der Waals surface area contributed by atoms with Gasteiger partial charge in [-0.3, -0.25) is 19.1 Å². The van der Waals surface area contributed by atoms with Crippen molar-refractivity contribution in [2.45, 2.75) is 126 Å². The van der Waals surface area contributed by atoms with E-state index in [-0.39, 0.29) is 41.7 Å². The van der Waals surface area contributed by atoms with Crippen LogP contribution in [0.1, 0.15) is 85.3 Å². The van der Waals surface area contributed by atoms with E-state index in [9.17, 15) is 53.9 Å². The van der Waals surface area contributed by atoms with Crippen molar-refractivity contribution in [1.82, 2.24) is 25.2 Å². The van der Waals surface area contributed by atoms with Crippen LogP contribution >= 0.6 is 0 Å². The highest BCUT2D eigenvalue weighted by Gasteiger charge is 2.64. The molecule has 4 amide bonds. The van der Waals surface area contributed by atoms with Gasteiger partial charge in [0.1, 0.15) is 46.6 Å². The van der Waals surface area contributed by atoms with E-state index in [2.05, 4.69) is 15.6 Å². The van der Waals surface area contributed by atoms with Crippen molar-refractivity contribution in [3.8, 4) is 11.6 Å². The number of nitrogens with zero attached hydrogens (tertiary/aromatic N) is 2. The van der Waals surface area contributed by atoms with Crippen molar-refractivity contribution in [2.75, 3.05) is 20.3 Å². The summed E-state index contributed by atoms with van der Waals surface area (Å²) < 4.78 is 128. The number of amides is 4. The summed E-state index contributed by atoms with van der Waals surface area (Å²) in [5.41, 5.74) is -5.50. The second-order valence-electron chi connectivity index (χ2n) is 17.6. The predicted molar refractivity (Wildman–Crippen MR) is 211 cm³/mol. The van der Waals surface area contributed by atoms with Crippen molar-refractivity contribution >= 4 is 44.6 Å². The molecule has 1 unspecified atom stereocenters. The number of hydrogen-bond donors (Lipinski definition) is 3. The van der Waals surface area contributed by atoms with E-state index in [1.807, 2.05) is 11.6 Å². The molecule has 1 aromatic carbocycles. The van der Waals surface area contributed by atoms with Gasteiger partial charge >= 0.3 is 12.3 Å². The number of ether oxygens (including phenoxy) is 3. The Morgan fingerprint density at radius 1 is 1.05 bits per heavy atom. The zero-order valence-corrected chi connectivity index (χ0v) is 35.9. The van der Waals surface area contributed by atoms with Gasteiger partial charge in [-0.1, -0.05) is 26.0 Å². The molecule has 1 aromatic heterocycles. The number of rotatable bonds is 10. The first-order valence-corrected chi connectivity index (χ1v) is 21.8. The molecule has 2 aromatic rings. The van der Waals surface area contributed by atoms with Crippen molar-refractivity contribution in [2.24, 2.45) is 17.8 Å². The van der Waals surface area contributed by atoms with Gasteiger partial charge in [0, 0.05) is 24.6 Å². The minimum atomic E-state index is -4.92. The average Bonchev–Trinajstić information content (AvgIpc) is 4.08. The smallest absolute Gasteiger partial charge is 0.433 e. The number of halogens is 6. The molecule has 7 atom stereocenters. The Morgan fingerprint density at radius 2 is 1.74 bits per heavy atom. The Morgan fingerprint density at radius 3 is 2.35 bits per heavy atom. The number of carbonyl (C=O) groups excluding carboxylic acids is 4. The van der Waals surface area contributed by atoms with Gasteiger partial charge in [-0.2, -0.15) is 13.2 Å². The number of allylic oxidation sites excluding steroid dienone is 1. The quantitative estimate of drug-likeness (QED) is 0.190. The molecule has 0 radical (unpaired) electrons. The molecular formula is C41H51F6N5O9S. The fourth-order valence-electron chi connectivity index (χ4n) is 7.95. The number of fused-ring (bicyclic) bond motifs is 3. The average molecular weight is 904 g/mol. The van der Waals surface area contributed by atoms with Crippen LogP contribution in [0.2, 0.25) is 0 Å². The second-order valence-corrected chi connectivity index (χ2v) is 19.7. The minimum Gasteiger partial charge on any atom is -0.497 e. The van der Waals surface area contributed by atoms with E-state index in [1.165, 1.54) is 25.3 Å². The minimum absolute atomic E-state index is 0.0172. The Balaban J connectivity index is 1.39. The molecule has 2 aliphatic carbocycles. The van der Waals surface area contributed by atoms with Crippen LogP contribution in [0.4, 0.5) is 31.1 Å². The monoisotopic (exact) mass is 903 g/mol. The van der Waals surface area contributed by atoms with E-state index in [0.717, 1.165) is 24.8 Å². The second kappa shape index (κ2) is 16.7. The number of aromatic nitrogens is 1. The number of nitrogens with one attached hydrogen (secondary N) is 3. The summed E-state index contributed by atoms with van der Waals surface area (Å²) in [6.07, 6.45) is -3.28. The predicted octanol–water partition coefficient (Wildman–Crippen LogP) is 5.97. The van der Waals surface area contributed by atoms with Gasteiger partial charge in [-0.05, 0) is 93.9 Å². The van der Waals surface area contributed by atoms with Gasteiger partial charge in [0.05, 0.1) is 13.7 Å². The van der Waals surface area contributed by atoms with Crippen LogP contribution in [-0.2, 0) is 35.3 Å². The molecule has 3 heterocycles. The third kappa shape index (κ3) is 9.41. The van der Waals surface area contributed by atoms with E-state index in [4.69, 9.17) is 14.2 Å². The van der Waals surface area contributed by atoms with E-state index < -0.39 is 123 Å². The molecule has 1 saturated heterocycles. The number of benzene rings is 1. The Hall–Kier alpha value is -4.82. The SMILES string of the molecule is COc1ccc2c(O[C@@H]3C[C@H]4C(=O)N[C@]5(C(=O)NS(=O)(=O)C6(CF)CC6)CC5/C=C\CC[C@@H](C)C[C@@H](C)[C@H](NC(=O)OC(C)(C)C(C)(F)F)C(=O)N4C3)nc(C(F)(F)F)cc2c1. The maximum Gasteiger partial charge on any atom is 0.433 e. The molecule has 2 aliphatic heterocycles. The van der Waals surface area contributed by atoms with Crippen LogP contribution in [-0.4, -0.2) is 102 Å². The van der Waals surface area contributed by atoms with Gasteiger partial charge in [0.15, 0.2) is 5.60 Å². The Bertz CT molecular complexity index is 2230. The third-order valence-electron chi connectivity index (χ3n) is 12.5. The van der Waals surface area contributed by atoms with Crippen molar-refractivity contribution in [3.63, 3.8) is 0 Å². The molecule has 4 aliphatic rings. The molecule has 3 fully saturated rings. The fraction of sp³-hybridized carbons (Fsp3) is 0.634. The maximum atomic E-state index is 14.8. The van der Waals surface area contributed by atoms with Crippen LogP contribution in [0.25, 0.3) is 10.8 Å². The van der Waals surface area contributed by atoms with Crippen molar-refractivity contribution < 1.29 is 68.1 Å². The molecule has 6 rings (SSSR count). The van der Waals surface area contributed by atoms with Crippen LogP contribution in [0, 0.1) is 17.8 Å². The molecule has 342 valence electrons. The lowest BCUT2D eigenvalue weighted by Crippen LogP contribution is -2.60. The largest absolute Gasteiger partial charge is 0.497 e. The highest BCUT2D eigenvalue weighted by molar-refractivity contribution is 7.91. The molecule has 2 saturated carbocycles. The Labute approximate surface area is 354 Å². The summed E-state index contributed by atoms with van der Waals surface area (Å²) in [6.45, 7) is 4.33. The molecule has 3 N–H and O–H groups in total. The topological polar surface area (TPSA) is 182 Å². The lowest BCUT2D eigenvalue weighted by molar-refractivity contribution is -0.152. The van der Waals surface area contributed by atoms with Gasteiger partial charge in [0.25, 0.3) is 11.8 Å². The van der Waals surface area contributed by atoms with Crippen LogP contribution < -0.4 is 24.8 Å². The maximum absolute atomic E-state index is 14.8. The van der Waals surface area contributed by atoms with Crippen LogP contribution in [0.3, 0.4) is 0 Å². The zero-order valence-electron chi connectivity index (χ0n) is 35.0. The van der Waals surface area contributed by atoms with Gasteiger partial charge in [-0.15, -0.1) is 0 Å². The first-order chi connectivity index (χ1) is 28.8. The highest BCUT2D eigenvalue weighted by Crippen LogP contribution is 2.48. The number of pyridine rings is 1. The first kappa shape index (κ1) is 46.7. The Kier molecular flexibility index (Phi) is 12.6. The lowest BCUT2D eigenvalue weighted by Gasteiger charge is -2.35. The van der Waals surface area contributed by atoms with Gasteiger partial charge in [-0.25, -0.2) is 31.4 Å².